The number of ether oxygens (including phenoxy) is 2. The highest BCUT2D eigenvalue weighted by molar-refractivity contribution is 5.89. The number of fused-ring (bicyclic) bond motifs is 1. The lowest BCUT2D eigenvalue weighted by Gasteiger charge is -2.21. The van der Waals surface area contributed by atoms with Gasteiger partial charge in [-0.3, -0.25) is 0 Å². The number of methoxy groups -OCH3 is 1. The van der Waals surface area contributed by atoms with Gasteiger partial charge in [0.25, 0.3) is 0 Å². The van der Waals surface area contributed by atoms with Crippen LogP contribution in [0.1, 0.15) is 60.4 Å². The number of carbonyl (C=O) groups is 1. The summed E-state index contributed by atoms with van der Waals surface area (Å²) >= 11 is 0. The number of carbonyl (C=O) groups excluding carboxylic acids is 1. The number of hydrogen-bond donors (Lipinski definition) is 1. The zero-order valence-corrected chi connectivity index (χ0v) is 12.9. The molecule has 0 amide bonds. The number of nitrogens with zero attached hydrogens (tertiary/aromatic N) is 2. The van der Waals surface area contributed by atoms with Crippen molar-refractivity contribution in [3.05, 3.63) is 22.8 Å². The molecular formula is C15H23N3O3. The SMILES string of the molecule is CCCC(OC)c1nc2c(c(C(=O)OCC)n1)CNCC2. The van der Waals surface area contributed by atoms with Crippen molar-refractivity contribution in [2.45, 2.75) is 45.8 Å². The number of hydrogen-bond acceptors (Lipinski definition) is 6. The molecule has 6 heteroatoms. The van der Waals surface area contributed by atoms with E-state index in [0.717, 1.165) is 37.1 Å². The first-order valence-electron chi connectivity index (χ1n) is 7.51. The summed E-state index contributed by atoms with van der Waals surface area (Å²) in [5, 5.41) is 3.25. The van der Waals surface area contributed by atoms with Crippen LogP contribution in [-0.4, -0.2) is 36.2 Å². The largest absolute Gasteiger partial charge is 0.461 e. The first-order chi connectivity index (χ1) is 10.2. The molecule has 1 N–H and O–H groups in total. The molecule has 116 valence electrons. The van der Waals surface area contributed by atoms with Crippen LogP contribution in [0.2, 0.25) is 0 Å². The standard InChI is InChI=1S/C15H23N3O3/c1-4-6-12(20-3)14-17-11-7-8-16-9-10(11)13(18-14)15(19)21-5-2/h12,16H,4-9H2,1-3H3. The monoisotopic (exact) mass is 293 g/mol. The molecule has 0 spiro atoms. The molecule has 0 aromatic carbocycles. The van der Waals surface area contributed by atoms with Gasteiger partial charge < -0.3 is 14.8 Å². The van der Waals surface area contributed by atoms with E-state index >= 15 is 0 Å². The van der Waals surface area contributed by atoms with Crippen molar-refractivity contribution in [1.82, 2.24) is 15.3 Å². The molecule has 0 saturated heterocycles. The topological polar surface area (TPSA) is 73.3 Å². The summed E-state index contributed by atoms with van der Waals surface area (Å²) in [7, 11) is 1.65. The van der Waals surface area contributed by atoms with Gasteiger partial charge in [0.1, 0.15) is 6.10 Å². The molecule has 0 radical (unpaired) electrons. The Morgan fingerprint density at radius 3 is 2.86 bits per heavy atom. The van der Waals surface area contributed by atoms with Gasteiger partial charge in [-0.05, 0) is 13.3 Å². The highest BCUT2D eigenvalue weighted by atomic mass is 16.5. The summed E-state index contributed by atoms with van der Waals surface area (Å²) in [6, 6.07) is 0. The zero-order valence-electron chi connectivity index (χ0n) is 12.9. The van der Waals surface area contributed by atoms with E-state index in [1.165, 1.54) is 0 Å². The van der Waals surface area contributed by atoms with Gasteiger partial charge in [-0.2, -0.15) is 0 Å². The van der Waals surface area contributed by atoms with Gasteiger partial charge in [-0.25, -0.2) is 14.8 Å². The molecule has 0 bridgehead atoms. The Balaban J connectivity index is 2.43. The fraction of sp³-hybridized carbons (Fsp3) is 0.667. The van der Waals surface area contributed by atoms with E-state index in [9.17, 15) is 4.79 Å². The maximum Gasteiger partial charge on any atom is 0.357 e. The van der Waals surface area contributed by atoms with E-state index in [1.807, 2.05) is 0 Å². The normalized spacial score (nSPS) is 15.4. The third-order valence-electron chi connectivity index (χ3n) is 3.54. The molecule has 1 atom stereocenters. The van der Waals surface area contributed by atoms with Crippen LogP contribution in [0, 0.1) is 0 Å². The van der Waals surface area contributed by atoms with Gasteiger partial charge in [-0.15, -0.1) is 0 Å². The molecule has 1 aromatic heterocycles. The van der Waals surface area contributed by atoms with Crippen molar-refractivity contribution in [3.63, 3.8) is 0 Å². The molecule has 0 saturated carbocycles. The molecule has 0 fully saturated rings. The van der Waals surface area contributed by atoms with E-state index in [4.69, 9.17) is 9.47 Å². The predicted molar refractivity (Wildman–Crippen MR) is 78.1 cm³/mol. The van der Waals surface area contributed by atoms with Gasteiger partial charge in [0.15, 0.2) is 11.5 Å². The van der Waals surface area contributed by atoms with E-state index in [1.54, 1.807) is 14.0 Å². The summed E-state index contributed by atoms with van der Waals surface area (Å²) < 4.78 is 10.6. The van der Waals surface area contributed by atoms with Crippen molar-refractivity contribution in [2.24, 2.45) is 0 Å². The van der Waals surface area contributed by atoms with Crippen molar-refractivity contribution in [1.29, 1.82) is 0 Å². The fourth-order valence-electron chi connectivity index (χ4n) is 2.49. The third kappa shape index (κ3) is 3.57. The second kappa shape index (κ2) is 7.47. The summed E-state index contributed by atoms with van der Waals surface area (Å²) in [5.74, 6) is 0.204. The Bertz CT molecular complexity index is 505. The van der Waals surface area contributed by atoms with Crippen molar-refractivity contribution in [3.8, 4) is 0 Å². The van der Waals surface area contributed by atoms with Crippen molar-refractivity contribution >= 4 is 5.97 Å². The summed E-state index contributed by atoms with van der Waals surface area (Å²) in [6.45, 7) is 5.68. The minimum Gasteiger partial charge on any atom is -0.461 e. The maximum absolute atomic E-state index is 12.2. The Morgan fingerprint density at radius 1 is 1.38 bits per heavy atom. The summed E-state index contributed by atoms with van der Waals surface area (Å²) in [5.41, 5.74) is 2.16. The minimum absolute atomic E-state index is 0.177. The lowest BCUT2D eigenvalue weighted by atomic mass is 10.0. The highest BCUT2D eigenvalue weighted by Gasteiger charge is 2.25. The van der Waals surface area contributed by atoms with Gasteiger partial charge >= 0.3 is 5.97 Å². The summed E-state index contributed by atoms with van der Waals surface area (Å²) in [4.78, 5) is 21.2. The minimum atomic E-state index is -0.382. The maximum atomic E-state index is 12.2. The number of esters is 1. The van der Waals surface area contributed by atoms with Crippen molar-refractivity contribution < 1.29 is 14.3 Å². The Morgan fingerprint density at radius 2 is 2.19 bits per heavy atom. The molecule has 1 aromatic rings. The van der Waals surface area contributed by atoms with Crippen LogP contribution < -0.4 is 5.32 Å². The van der Waals surface area contributed by atoms with Crippen LogP contribution in [0.25, 0.3) is 0 Å². The van der Waals surface area contributed by atoms with Crippen LogP contribution in [0.4, 0.5) is 0 Å². The average molecular weight is 293 g/mol. The quantitative estimate of drug-likeness (QED) is 0.806. The number of aromatic nitrogens is 2. The molecule has 1 unspecified atom stereocenters. The second-order valence-electron chi connectivity index (χ2n) is 5.02. The number of nitrogens with one attached hydrogen (secondary N) is 1. The van der Waals surface area contributed by atoms with E-state index < -0.39 is 0 Å². The molecule has 6 nitrogen and oxygen atoms in total. The van der Waals surface area contributed by atoms with E-state index in [-0.39, 0.29) is 12.1 Å². The van der Waals surface area contributed by atoms with Gasteiger partial charge in [0.05, 0.1) is 12.3 Å². The van der Waals surface area contributed by atoms with Crippen LogP contribution >= 0.6 is 0 Å². The smallest absolute Gasteiger partial charge is 0.357 e. The first-order valence-corrected chi connectivity index (χ1v) is 7.51. The van der Waals surface area contributed by atoms with Gasteiger partial charge in [-0.1, -0.05) is 13.3 Å². The van der Waals surface area contributed by atoms with Crippen LogP contribution in [-0.2, 0) is 22.4 Å². The van der Waals surface area contributed by atoms with E-state index in [0.29, 0.717) is 24.7 Å². The van der Waals surface area contributed by atoms with E-state index in [2.05, 4.69) is 22.2 Å². The lowest BCUT2D eigenvalue weighted by Crippen LogP contribution is -2.29. The molecular weight excluding hydrogens is 270 g/mol. The first kappa shape index (κ1) is 15.9. The Kier molecular flexibility index (Phi) is 5.64. The fourth-order valence-corrected chi connectivity index (χ4v) is 2.49. The van der Waals surface area contributed by atoms with Crippen LogP contribution in [0.15, 0.2) is 0 Å². The Labute approximate surface area is 125 Å². The van der Waals surface area contributed by atoms with Crippen molar-refractivity contribution in [2.75, 3.05) is 20.3 Å². The third-order valence-corrected chi connectivity index (χ3v) is 3.54. The molecule has 0 aliphatic carbocycles. The lowest BCUT2D eigenvalue weighted by molar-refractivity contribution is 0.0512. The summed E-state index contributed by atoms with van der Waals surface area (Å²) in [6.07, 6.45) is 2.41. The molecule has 21 heavy (non-hydrogen) atoms. The molecule has 1 aliphatic rings. The predicted octanol–water partition coefficient (Wildman–Crippen LogP) is 1.79. The zero-order chi connectivity index (χ0) is 15.2. The van der Waals surface area contributed by atoms with Gasteiger partial charge in [0.2, 0.25) is 0 Å². The molecule has 2 rings (SSSR count). The molecule has 1 aliphatic heterocycles. The Hall–Kier alpha value is -1.53. The van der Waals surface area contributed by atoms with Gasteiger partial charge in [0, 0.05) is 32.2 Å². The number of rotatable bonds is 6. The van der Waals surface area contributed by atoms with Crippen LogP contribution in [0.3, 0.4) is 0 Å². The average Bonchev–Trinajstić information content (AvgIpc) is 2.51. The highest BCUT2D eigenvalue weighted by Crippen LogP contribution is 2.23. The molecule has 2 heterocycles. The van der Waals surface area contributed by atoms with Crippen LogP contribution in [0.5, 0.6) is 0 Å². The second-order valence-corrected chi connectivity index (χ2v) is 5.02.